The summed E-state index contributed by atoms with van der Waals surface area (Å²) in [5.41, 5.74) is 0.654. The summed E-state index contributed by atoms with van der Waals surface area (Å²) in [5.74, 6) is -1.96. The highest BCUT2D eigenvalue weighted by Crippen LogP contribution is 2.40. The average molecular weight is 503 g/mol. The quantitative estimate of drug-likeness (QED) is 0.222. The highest BCUT2D eigenvalue weighted by atomic mass is 32.2. The summed E-state index contributed by atoms with van der Waals surface area (Å²) in [6.45, 7) is 4.74. The Labute approximate surface area is 205 Å². The van der Waals surface area contributed by atoms with Gasteiger partial charge >= 0.3 is 0 Å². The van der Waals surface area contributed by atoms with Gasteiger partial charge in [0.1, 0.15) is 11.5 Å². The maximum absolute atomic E-state index is 13.0. The van der Waals surface area contributed by atoms with E-state index in [-0.39, 0.29) is 28.3 Å². The highest BCUT2D eigenvalue weighted by molar-refractivity contribution is 7.89. The number of hydrogen-bond acceptors (Lipinski definition) is 7. The Morgan fingerprint density at radius 3 is 2.17 bits per heavy atom. The topological polar surface area (TPSA) is 124 Å². The number of phenols is 1. The number of methoxy groups -OCH3 is 1. The van der Waals surface area contributed by atoms with Gasteiger partial charge in [-0.05, 0) is 48.4 Å². The first-order valence-corrected chi connectivity index (χ1v) is 12.8. The van der Waals surface area contributed by atoms with Crippen molar-refractivity contribution < 1.29 is 33.0 Å². The zero-order valence-electron chi connectivity index (χ0n) is 20.0. The third-order valence-corrected chi connectivity index (χ3v) is 8.03. The molecule has 0 aliphatic carbocycles. The number of carbonyl (C=O) groups excluding carboxylic acids is 2. The number of rotatable bonds is 10. The van der Waals surface area contributed by atoms with E-state index in [9.17, 15) is 28.2 Å². The number of nitrogens with zero attached hydrogens (tertiary/aromatic N) is 2. The summed E-state index contributed by atoms with van der Waals surface area (Å²) in [5, 5.41) is 20.8. The SMILES string of the molecule is CCN(CC)S(=O)(=O)c1ccc(C(O)=C2C(=O)C(=O)N(CCCOC)[C@@H]2c2ccc(O)cc2)cc1. The van der Waals surface area contributed by atoms with Gasteiger partial charge in [0.2, 0.25) is 10.0 Å². The van der Waals surface area contributed by atoms with E-state index in [4.69, 9.17) is 4.74 Å². The minimum Gasteiger partial charge on any atom is -0.508 e. The van der Waals surface area contributed by atoms with Crippen molar-refractivity contribution >= 4 is 27.5 Å². The predicted molar refractivity (Wildman–Crippen MR) is 130 cm³/mol. The molecule has 3 rings (SSSR count). The number of hydrogen-bond donors (Lipinski definition) is 2. The van der Waals surface area contributed by atoms with Gasteiger partial charge in [-0.2, -0.15) is 4.31 Å². The number of aliphatic hydroxyl groups is 1. The molecule has 9 nitrogen and oxygen atoms in total. The molecule has 0 unspecified atom stereocenters. The number of likely N-dealkylation sites (tertiary alicyclic amines) is 1. The number of benzene rings is 2. The summed E-state index contributed by atoms with van der Waals surface area (Å²) in [4.78, 5) is 27.3. The monoisotopic (exact) mass is 502 g/mol. The van der Waals surface area contributed by atoms with Crippen LogP contribution < -0.4 is 0 Å². The molecule has 2 aromatic rings. The van der Waals surface area contributed by atoms with Crippen LogP contribution in [0.1, 0.15) is 37.4 Å². The molecule has 1 saturated heterocycles. The smallest absolute Gasteiger partial charge is 0.295 e. The lowest BCUT2D eigenvalue weighted by Gasteiger charge is -2.25. The van der Waals surface area contributed by atoms with Gasteiger partial charge in [-0.25, -0.2) is 8.42 Å². The van der Waals surface area contributed by atoms with Gasteiger partial charge in [0, 0.05) is 38.9 Å². The second-order valence-electron chi connectivity index (χ2n) is 8.04. The number of Topliss-reactive ketones (excluding diaryl/α,β-unsaturated/α-hetero) is 1. The van der Waals surface area contributed by atoms with Crippen LogP contribution in [-0.4, -0.2) is 72.9 Å². The first kappa shape index (κ1) is 26.4. The Morgan fingerprint density at radius 1 is 1.03 bits per heavy atom. The number of aliphatic hydroxyl groups excluding tert-OH is 1. The number of amides is 1. The molecule has 2 aromatic carbocycles. The fourth-order valence-electron chi connectivity index (χ4n) is 4.15. The van der Waals surface area contributed by atoms with Gasteiger partial charge in [-0.3, -0.25) is 9.59 Å². The minimum absolute atomic E-state index is 0.0232. The molecule has 0 bridgehead atoms. The van der Waals surface area contributed by atoms with Crippen LogP contribution in [0.3, 0.4) is 0 Å². The van der Waals surface area contributed by atoms with Crippen molar-refractivity contribution in [2.75, 3.05) is 33.4 Å². The fourth-order valence-corrected chi connectivity index (χ4v) is 5.60. The van der Waals surface area contributed by atoms with Crippen LogP contribution >= 0.6 is 0 Å². The molecule has 1 aliphatic rings. The zero-order valence-corrected chi connectivity index (χ0v) is 20.8. The van der Waals surface area contributed by atoms with E-state index in [2.05, 4.69) is 0 Å². The molecule has 35 heavy (non-hydrogen) atoms. The van der Waals surface area contributed by atoms with Crippen LogP contribution in [0.25, 0.3) is 5.76 Å². The Morgan fingerprint density at radius 2 is 1.63 bits per heavy atom. The molecule has 2 N–H and O–H groups in total. The van der Waals surface area contributed by atoms with Gasteiger partial charge in [0.25, 0.3) is 11.7 Å². The largest absolute Gasteiger partial charge is 0.508 e. The average Bonchev–Trinajstić information content (AvgIpc) is 3.10. The molecule has 1 atom stereocenters. The second-order valence-corrected chi connectivity index (χ2v) is 9.98. The molecule has 0 radical (unpaired) electrons. The summed E-state index contributed by atoms with van der Waals surface area (Å²) in [6.07, 6.45) is 0.482. The van der Waals surface area contributed by atoms with E-state index >= 15 is 0 Å². The fraction of sp³-hybridized carbons (Fsp3) is 0.360. The van der Waals surface area contributed by atoms with E-state index in [1.807, 2.05) is 0 Å². The Kier molecular flexibility index (Phi) is 8.31. The molecule has 1 heterocycles. The first-order valence-electron chi connectivity index (χ1n) is 11.3. The van der Waals surface area contributed by atoms with Crippen molar-refractivity contribution in [2.24, 2.45) is 0 Å². The molecule has 1 fully saturated rings. The normalized spacial score (nSPS) is 17.9. The van der Waals surface area contributed by atoms with E-state index in [0.717, 1.165) is 0 Å². The van der Waals surface area contributed by atoms with Crippen molar-refractivity contribution in [1.29, 1.82) is 0 Å². The third-order valence-electron chi connectivity index (χ3n) is 5.97. The standard InChI is InChI=1S/C25H30N2O7S/c1-4-26(5-2)35(32,33)20-13-9-18(10-14-20)23(29)21-22(17-7-11-19(28)12-8-17)27(15-6-16-34-3)25(31)24(21)30/h7-14,22,28-29H,4-6,15-16H2,1-3H3/t22-/m1/s1. The van der Waals surface area contributed by atoms with Crippen LogP contribution in [0.4, 0.5) is 0 Å². The van der Waals surface area contributed by atoms with E-state index in [1.54, 1.807) is 26.0 Å². The summed E-state index contributed by atoms with van der Waals surface area (Å²) in [7, 11) is -2.15. The second kappa shape index (κ2) is 11.0. The molecular weight excluding hydrogens is 472 g/mol. The lowest BCUT2D eigenvalue weighted by atomic mass is 9.95. The van der Waals surface area contributed by atoms with Crippen LogP contribution in [0.2, 0.25) is 0 Å². The van der Waals surface area contributed by atoms with E-state index in [0.29, 0.717) is 31.7 Å². The van der Waals surface area contributed by atoms with Crippen molar-refractivity contribution in [3.8, 4) is 5.75 Å². The Bertz CT molecular complexity index is 1200. The molecule has 0 saturated carbocycles. The number of aromatic hydroxyl groups is 1. The van der Waals surface area contributed by atoms with Gasteiger partial charge < -0.3 is 19.8 Å². The van der Waals surface area contributed by atoms with E-state index < -0.39 is 33.5 Å². The number of carbonyl (C=O) groups is 2. The number of ether oxygens (including phenoxy) is 1. The first-order chi connectivity index (χ1) is 16.7. The predicted octanol–water partition coefficient (Wildman–Crippen LogP) is 2.88. The minimum atomic E-state index is -3.69. The molecule has 10 heteroatoms. The zero-order chi connectivity index (χ0) is 25.8. The number of ketones is 1. The summed E-state index contributed by atoms with van der Waals surface area (Å²) >= 11 is 0. The van der Waals surface area contributed by atoms with Crippen LogP contribution in [-0.2, 0) is 24.3 Å². The van der Waals surface area contributed by atoms with Crippen LogP contribution in [0.15, 0.2) is 59.0 Å². The maximum atomic E-state index is 13.0. The lowest BCUT2D eigenvalue weighted by Crippen LogP contribution is -2.31. The van der Waals surface area contributed by atoms with Crippen LogP contribution in [0.5, 0.6) is 5.75 Å². The lowest BCUT2D eigenvalue weighted by molar-refractivity contribution is -0.140. The molecule has 0 spiro atoms. The van der Waals surface area contributed by atoms with Crippen LogP contribution in [0, 0.1) is 0 Å². The number of phenolic OH excluding ortho intramolecular Hbond substituents is 1. The van der Waals surface area contributed by atoms with Gasteiger partial charge in [-0.15, -0.1) is 0 Å². The highest BCUT2D eigenvalue weighted by Gasteiger charge is 2.45. The third kappa shape index (κ3) is 5.24. The van der Waals surface area contributed by atoms with Gasteiger partial charge in [-0.1, -0.05) is 26.0 Å². The van der Waals surface area contributed by atoms with E-state index in [1.165, 1.54) is 52.7 Å². The van der Waals surface area contributed by atoms with Crippen molar-refractivity contribution in [3.05, 3.63) is 65.2 Å². The molecule has 1 aliphatic heterocycles. The molecule has 0 aromatic heterocycles. The molecular formula is C25H30N2O7S. The molecule has 1 amide bonds. The Hall–Kier alpha value is -3.21. The number of sulfonamides is 1. The maximum Gasteiger partial charge on any atom is 0.295 e. The summed E-state index contributed by atoms with van der Waals surface area (Å²) in [6, 6.07) is 10.8. The molecule has 188 valence electrons. The Balaban J connectivity index is 2.07. The van der Waals surface area contributed by atoms with Gasteiger partial charge in [0.15, 0.2) is 0 Å². The van der Waals surface area contributed by atoms with Crippen molar-refractivity contribution in [2.45, 2.75) is 31.2 Å². The van der Waals surface area contributed by atoms with Crippen molar-refractivity contribution in [1.82, 2.24) is 9.21 Å². The van der Waals surface area contributed by atoms with Gasteiger partial charge in [0.05, 0.1) is 16.5 Å². The van der Waals surface area contributed by atoms with Crippen molar-refractivity contribution in [3.63, 3.8) is 0 Å². The summed E-state index contributed by atoms with van der Waals surface area (Å²) < 4.78 is 31.9.